The number of nitrogens with one attached hydrogen (secondary N) is 2. The molecule has 0 radical (unpaired) electrons. The average Bonchev–Trinajstić information content (AvgIpc) is 2.73. The lowest BCUT2D eigenvalue weighted by molar-refractivity contribution is -0.143. The Morgan fingerprint density at radius 1 is 1.17 bits per heavy atom. The Bertz CT molecular complexity index is 948. The van der Waals surface area contributed by atoms with E-state index in [9.17, 15) is 24.3 Å². The Kier molecular flexibility index (Phi) is 11.1. The number of amides is 4. The van der Waals surface area contributed by atoms with Gasteiger partial charge in [0, 0.05) is 18.5 Å². The van der Waals surface area contributed by atoms with Crippen LogP contribution in [-0.4, -0.2) is 64.2 Å². The van der Waals surface area contributed by atoms with Gasteiger partial charge in [-0.05, 0) is 65.2 Å². The summed E-state index contributed by atoms with van der Waals surface area (Å²) in [4.78, 5) is 52.4. The van der Waals surface area contributed by atoms with Gasteiger partial charge in [-0.2, -0.15) is 0 Å². The quantitative estimate of drug-likeness (QED) is 0.363. The van der Waals surface area contributed by atoms with Gasteiger partial charge in [-0.15, -0.1) is 0 Å². The second kappa shape index (κ2) is 13.1. The first-order valence-electron chi connectivity index (χ1n) is 11.8. The molecular weight excluding hydrogens is 464 g/mol. The summed E-state index contributed by atoms with van der Waals surface area (Å²) in [6, 6.07) is 4.57. The van der Waals surface area contributed by atoms with Crippen molar-refractivity contribution in [3.63, 3.8) is 0 Å². The maximum atomic E-state index is 13.8. The van der Waals surface area contributed by atoms with Gasteiger partial charge in [0.1, 0.15) is 17.7 Å². The van der Waals surface area contributed by atoms with Crippen molar-refractivity contribution in [3.05, 3.63) is 42.0 Å². The summed E-state index contributed by atoms with van der Waals surface area (Å²) in [6.45, 7) is 13.5. The molecule has 2 atom stereocenters. The normalized spacial score (nSPS) is 13.2. The highest BCUT2D eigenvalue weighted by Gasteiger charge is 2.37. The Labute approximate surface area is 213 Å². The molecule has 0 aliphatic heterocycles. The number of carbonyl (C=O) groups excluding carboxylic acids is 4. The zero-order chi connectivity index (χ0) is 27.7. The predicted molar refractivity (Wildman–Crippen MR) is 138 cm³/mol. The Morgan fingerprint density at radius 2 is 1.81 bits per heavy atom. The van der Waals surface area contributed by atoms with Gasteiger partial charge in [-0.3, -0.25) is 14.4 Å². The number of benzene rings is 1. The number of hydrogen-bond donors (Lipinski definition) is 4. The number of nitrogens with two attached hydrogens (primary N) is 1. The molecule has 1 rings (SSSR count). The van der Waals surface area contributed by atoms with Crippen LogP contribution in [0.25, 0.3) is 6.08 Å². The molecule has 0 saturated heterocycles. The number of aliphatic hydroxyl groups excluding tert-OH is 1. The molecule has 10 nitrogen and oxygen atoms in total. The summed E-state index contributed by atoms with van der Waals surface area (Å²) < 4.78 is 5.28. The molecule has 5 N–H and O–H groups in total. The maximum absolute atomic E-state index is 13.8. The molecule has 1 aromatic carbocycles. The predicted octanol–water partition coefficient (Wildman–Crippen LogP) is 2.27. The summed E-state index contributed by atoms with van der Waals surface area (Å²) in [6.07, 6.45) is 0.443. The number of aliphatic hydroxyl groups is 1. The highest BCUT2D eigenvalue weighted by molar-refractivity contribution is 5.92. The number of hydrogen-bond acceptors (Lipinski definition) is 6. The first kappa shape index (κ1) is 30.6. The van der Waals surface area contributed by atoms with E-state index in [4.69, 9.17) is 10.5 Å². The first-order chi connectivity index (χ1) is 16.6. The molecule has 0 fully saturated rings. The number of primary amides is 1. The minimum absolute atomic E-state index is 0.115. The minimum atomic E-state index is -1.23. The van der Waals surface area contributed by atoms with Gasteiger partial charge >= 0.3 is 6.09 Å². The van der Waals surface area contributed by atoms with Crippen LogP contribution < -0.4 is 16.4 Å². The van der Waals surface area contributed by atoms with Gasteiger partial charge < -0.3 is 31.1 Å². The van der Waals surface area contributed by atoms with Crippen LogP contribution in [0.4, 0.5) is 4.79 Å². The number of ether oxygens (including phenoxy) is 1. The fraction of sp³-hybridized carbons (Fsp3) is 0.538. The largest absolute Gasteiger partial charge is 0.444 e. The molecule has 0 aliphatic rings. The fourth-order valence-electron chi connectivity index (χ4n) is 3.44. The Hall–Kier alpha value is -3.40. The van der Waals surface area contributed by atoms with Crippen LogP contribution in [0.15, 0.2) is 30.8 Å². The standard InChI is InChI=1S/C26H40N4O6/c1-8-17-10-9-11-18(16-17)21(22(33)29-25(2,3)4)30(14-15-31)23(34)19(12-13-20(27)32)28-24(35)36-26(5,6)7/h8-11,16,19,21,31H,1,12-15H2,2-7H3,(H2,27,32)(H,28,35)(H,29,33). The van der Waals surface area contributed by atoms with Crippen LogP contribution in [0.2, 0.25) is 0 Å². The highest BCUT2D eigenvalue weighted by atomic mass is 16.6. The molecule has 0 aliphatic carbocycles. The number of alkyl carbamates (subject to hydrolysis) is 1. The maximum Gasteiger partial charge on any atom is 0.408 e. The molecule has 4 amide bonds. The van der Waals surface area contributed by atoms with Crippen molar-refractivity contribution in [2.75, 3.05) is 13.2 Å². The van der Waals surface area contributed by atoms with E-state index in [1.165, 1.54) is 4.90 Å². The van der Waals surface area contributed by atoms with Crippen molar-refractivity contribution in [2.24, 2.45) is 5.73 Å². The monoisotopic (exact) mass is 504 g/mol. The highest BCUT2D eigenvalue weighted by Crippen LogP contribution is 2.25. The van der Waals surface area contributed by atoms with E-state index in [0.717, 1.165) is 5.56 Å². The topological polar surface area (TPSA) is 151 Å². The summed E-state index contributed by atoms with van der Waals surface area (Å²) in [5.74, 6) is -1.81. The van der Waals surface area contributed by atoms with Crippen molar-refractivity contribution < 1.29 is 29.0 Å². The van der Waals surface area contributed by atoms with Crippen molar-refractivity contribution in [3.8, 4) is 0 Å². The SMILES string of the molecule is C=Cc1cccc(C(C(=O)NC(C)(C)C)N(CCO)C(=O)C(CCC(N)=O)NC(=O)OC(C)(C)C)c1. The molecule has 0 saturated carbocycles. The summed E-state index contributed by atoms with van der Waals surface area (Å²) in [5.41, 5.74) is 5.07. The number of rotatable bonds is 11. The lowest BCUT2D eigenvalue weighted by Gasteiger charge is -2.35. The van der Waals surface area contributed by atoms with Crippen LogP contribution in [0, 0.1) is 0 Å². The van der Waals surface area contributed by atoms with Crippen molar-refractivity contribution in [1.29, 1.82) is 0 Å². The molecule has 0 heterocycles. The van der Waals surface area contributed by atoms with Crippen LogP contribution in [0.1, 0.15) is 71.6 Å². The van der Waals surface area contributed by atoms with E-state index in [0.29, 0.717) is 5.56 Å². The van der Waals surface area contributed by atoms with Crippen molar-refractivity contribution in [1.82, 2.24) is 15.5 Å². The minimum Gasteiger partial charge on any atom is -0.444 e. The number of carbonyl (C=O) groups is 4. The van der Waals surface area contributed by atoms with E-state index in [2.05, 4.69) is 17.2 Å². The third kappa shape index (κ3) is 10.5. The van der Waals surface area contributed by atoms with Gasteiger partial charge in [-0.25, -0.2) is 4.79 Å². The molecule has 36 heavy (non-hydrogen) atoms. The lowest BCUT2D eigenvalue weighted by atomic mass is 9.98. The third-order valence-corrected chi connectivity index (χ3v) is 4.81. The van der Waals surface area contributed by atoms with Gasteiger partial charge in [0.15, 0.2) is 0 Å². The summed E-state index contributed by atoms with van der Waals surface area (Å²) in [5, 5.41) is 15.2. The van der Waals surface area contributed by atoms with Crippen molar-refractivity contribution in [2.45, 2.75) is 77.6 Å². The van der Waals surface area contributed by atoms with E-state index in [-0.39, 0.29) is 19.4 Å². The van der Waals surface area contributed by atoms with Crippen LogP contribution >= 0.6 is 0 Å². The van der Waals surface area contributed by atoms with E-state index < -0.39 is 53.6 Å². The van der Waals surface area contributed by atoms with E-state index in [1.807, 2.05) is 0 Å². The van der Waals surface area contributed by atoms with E-state index in [1.54, 1.807) is 71.9 Å². The summed E-state index contributed by atoms with van der Waals surface area (Å²) in [7, 11) is 0. The van der Waals surface area contributed by atoms with Crippen LogP contribution in [0.3, 0.4) is 0 Å². The van der Waals surface area contributed by atoms with Gasteiger partial charge in [0.05, 0.1) is 6.61 Å². The van der Waals surface area contributed by atoms with Crippen LogP contribution in [0.5, 0.6) is 0 Å². The average molecular weight is 505 g/mol. The van der Waals surface area contributed by atoms with Gasteiger partial charge in [-0.1, -0.05) is 30.9 Å². The number of nitrogens with zero attached hydrogens (tertiary/aromatic N) is 1. The van der Waals surface area contributed by atoms with Gasteiger partial charge in [0.25, 0.3) is 0 Å². The third-order valence-electron chi connectivity index (χ3n) is 4.81. The Balaban J connectivity index is 3.52. The molecule has 0 spiro atoms. The second-order valence-corrected chi connectivity index (χ2v) is 10.5. The molecule has 200 valence electrons. The molecule has 0 bridgehead atoms. The van der Waals surface area contributed by atoms with E-state index >= 15 is 0 Å². The zero-order valence-corrected chi connectivity index (χ0v) is 22.1. The molecule has 1 aromatic rings. The lowest BCUT2D eigenvalue weighted by Crippen LogP contribution is -2.55. The molecule has 2 unspecified atom stereocenters. The molecular formula is C26H40N4O6. The molecule has 10 heteroatoms. The smallest absolute Gasteiger partial charge is 0.408 e. The first-order valence-corrected chi connectivity index (χ1v) is 11.8. The summed E-state index contributed by atoms with van der Waals surface area (Å²) >= 11 is 0. The molecule has 0 aromatic heterocycles. The van der Waals surface area contributed by atoms with Gasteiger partial charge in [0.2, 0.25) is 17.7 Å². The zero-order valence-electron chi connectivity index (χ0n) is 22.1. The fourth-order valence-corrected chi connectivity index (χ4v) is 3.44. The van der Waals surface area contributed by atoms with Crippen molar-refractivity contribution >= 4 is 29.9 Å². The second-order valence-electron chi connectivity index (χ2n) is 10.5. The Morgan fingerprint density at radius 3 is 2.31 bits per heavy atom. The van der Waals surface area contributed by atoms with Crippen LogP contribution in [-0.2, 0) is 19.1 Å².